The SMILES string of the molecule is Nc1cc(O)c2nc3ccccc3nc2c1. The lowest BCUT2D eigenvalue weighted by molar-refractivity contribution is 0.480. The van der Waals surface area contributed by atoms with Crippen molar-refractivity contribution >= 4 is 27.8 Å². The predicted molar refractivity (Wildman–Crippen MR) is 63.1 cm³/mol. The standard InChI is InChI=1S/C12H9N3O/c13-7-5-10-12(11(16)6-7)15-9-4-2-1-3-8(9)14-10/h1-6,16H,13H2. The number of rotatable bonds is 0. The summed E-state index contributed by atoms with van der Waals surface area (Å²) in [6.45, 7) is 0. The molecule has 4 heteroatoms. The van der Waals surface area contributed by atoms with Crippen LogP contribution in [-0.4, -0.2) is 15.1 Å². The molecule has 0 fully saturated rings. The van der Waals surface area contributed by atoms with E-state index in [1.54, 1.807) is 6.07 Å². The van der Waals surface area contributed by atoms with Gasteiger partial charge >= 0.3 is 0 Å². The minimum atomic E-state index is 0.0632. The van der Waals surface area contributed by atoms with Gasteiger partial charge in [-0.1, -0.05) is 12.1 Å². The second-order valence-corrected chi connectivity index (χ2v) is 3.62. The first-order valence-corrected chi connectivity index (χ1v) is 4.89. The zero-order valence-corrected chi connectivity index (χ0v) is 8.38. The minimum Gasteiger partial charge on any atom is -0.506 e. The Balaban J connectivity index is 2.51. The van der Waals surface area contributed by atoms with E-state index in [4.69, 9.17) is 5.73 Å². The smallest absolute Gasteiger partial charge is 0.145 e. The molecule has 1 heterocycles. The summed E-state index contributed by atoms with van der Waals surface area (Å²) in [5.41, 5.74) is 8.76. The molecule has 2 aromatic carbocycles. The van der Waals surface area contributed by atoms with E-state index >= 15 is 0 Å². The van der Waals surface area contributed by atoms with Gasteiger partial charge in [-0.25, -0.2) is 9.97 Å². The summed E-state index contributed by atoms with van der Waals surface area (Å²) in [5, 5.41) is 9.73. The van der Waals surface area contributed by atoms with Crippen LogP contribution in [0.25, 0.3) is 22.1 Å². The first kappa shape index (κ1) is 8.91. The van der Waals surface area contributed by atoms with E-state index in [-0.39, 0.29) is 5.75 Å². The molecular weight excluding hydrogens is 202 g/mol. The summed E-state index contributed by atoms with van der Waals surface area (Å²) in [6, 6.07) is 10.7. The number of aromatic hydroxyl groups is 1. The van der Waals surface area contributed by atoms with Crippen LogP contribution in [0, 0.1) is 0 Å². The number of fused-ring (bicyclic) bond motifs is 2. The van der Waals surface area contributed by atoms with Crippen molar-refractivity contribution < 1.29 is 5.11 Å². The molecule has 78 valence electrons. The number of nitrogens with two attached hydrogens (primary N) is 1. The van der Waals surface area contributed by atoms with E-state index in [2.05, 4.69) is 9.97 Å². The number of nitrogen functional groups attached to an aromatic ring is 1. The maximum absolute atomic E-state index is 9.73. The number of phenols is 1. The Kier molecular flexibility index (Phi) is 1.71. The van der Waals surface area contributed by atoms with Crippen LogP contribution in [0.3, 0.4) is 0 Å². The van der Waals surface area contributed by atoms with Crippen molar-refractivity contribution in [3.05, 3.63) is 36.4 Å². The van der Waals surface area contributed by atoms with Crippen molar-refractivity contribution in [2.45, 2.75) is 0 Å². The summed E-state index contributed by atoms with van der Waals surface area (Å²) in [5.74, 6) is 0.0632. The molecule has 4 nitrogen and oxygen atoms in total. The van der Waals surface area contributed by atoms with Crippen molar-refractivity contribution in [2.24, 2.45) is 0 Å². The van der Waals surface area contributed by atoms with Gasteiger partial charge in [-0.15, -0.1) is 0 Å². The number of para-hydroxylation sites is 2. The Hall–Kier alpha value is -2.36. The molecule has 0 saturated carbocycles. The Morgan fingerprint density at radius 1 is 0.938 bits per heavy atom. The van der Waals surface area contributed by atoms with E-state index in [1.165, 1.54) is 6.07 Å². The fourth-order valence-electron chi connectivity index (χ4n) is 1.73. The highest BCUT2D eigenvalue weighted by atomic mass is 16.3. The van der Waals surface area contributed by atoms with Crippen LogP contribution in [0.2, 0.25) is 0 Å². The van der Waals surface area contributed by atoms with Crippen molar-refractivity contribution in [1.82, 2.24) is 9.97 Å². The van der Waals surface area contributed by atoms with Crippen LogP contribution in [-0.2, 0) is 0 Å². The van der Waals surface area contributed by atoms with Gasteiger partial charge in [0.05, 0.1) is 16.6 Å². The Morgan fingerprint density at radius 2 is 1.62 bits per heavy atom. The second-order valence-electron chi connectivity index (χ2n) is 3.62. The van der Waals surface area contributed by atoms with Crippen molar-refractivity contribution in [2.75, 3.05) is 5.73 Å². The van der Waals surface area contributed by atoms with Gasteiger partial charge in [0.25, 0.3) is 0 Å². The first-order valence-electron chi connectivity index (χ1n) is 4.89. The van der Waals surface area contributed by atoms with E-state index in [0.717, 1.165) is 11.0 Å². The number of benzene rings is 2. The van der Waals surface area contributed by atoms with Crippen LogP contribution in [0.15, 0.2) is 36.4 Å². The number of nitrogens with zero attached hydrogens (tertiary/aromatic N) is 2. The molecule has 0 saturated heterocycles. The number of hydrogen-bond acceptors (Lipinski definition) is 4. The van der Waals surface area contributed by atoms with Crippen molar-refractivity contribution in [1.29, 1.82) is 0 Å². The van der Waals surface area contributed by atoms with Crippen LogP contribution < -0.4 is 5.73 Å². The van der Waals surface area contributed by atoms with Crippen LogP contribution in [0.4, 0.5) is 5.69 Å². The number of hydrogen-bond donors (Lipinski definition) is 2. The quantitative estimate of drug-likeness (QED) is 0.441. The lowest BCUT2D eigenvalue weighted by Crippen LogP contribution is -1.90. The third kappa shape index (κ3) is 1.24. The lowest BCUT2D eigenvalue weighted by Gasteiger charge is -2.03. The van der Waals surface area contributed by atoms with E-state index in [1.807, 2.05) is 24.3 Å². The Bertz CT molecular complexity index is 694. The molecule has 0 unspecified atom stereocenters. The molecular formula is C12H9N3O. The molecule has 3 aromatic rings. The van der Waals surface area contributed by atoms with Crippen molar-refractivity contribution in [3.63, 3.8) is 0 Å². The molecule has 3 rings (SSSR count). The first-order chi connectivity index (χ1) is 7.74. The highest BCUT2D eigenvalue weighted by Gasteiger charge is 2.06. The molecule has 1 aromatic heterocycles. The molecule has 0 bridgehead atoms. The second kappa shape index (κ2) is 3.06. The summed E-state index contributed by atoms with van der Waals surface area (Å²) in [4.78, 5) is 8.75. The minimum absolute atomic E-state index is 0.0632. The van der Waals surface area contributed by atoms with Crippen LogP contribution in [0.5, 0.6) is 5.75 Å². The lowest BCUT2D eigenvalue weighted by atomic mass is 10.2. The number of phenolic OH excluding ortho intramolecular Hbond substituents is 1. The fraction of sp³-hybridized carbons (Fsp3) is 0. The highest BCUT2D eigenvalue weighted by molar-refractivity contribution is 5.91. The zero-order valence-electron chi connectivity index (χ0n) is 8.38. The van der Waals surface area contributed by atoms with E-state index in [9.17, 15) is 5.11 Å². The van der Waals surface area contributed by atoms with Crippen LogP contribution in [0.1, 0.15) is 0 Å². The van der Waals surface area contributed by atoms with Gasteiger partial charge in [-0.05, 0) is 18.2 Å². The van der Waals surface area contributed by atoms with E-state index < -0.39 is 0 Å². The average Bonchev–Trinajstić information content (AvgIpc) is 2.27. The molecule has 0 spiro atoms. The summed E-state index contributed by atoms with van der Waals surface area (Å²) in [6.07, 6.45) is 0. The normalized spacial score (nSPS) is 11.0. The summed E-state index contributed by atoms with van der Waals surface area (Å²) >= 11 is 0. The van der Waals surface area contributed by atoms with Crippen molar-refractivity contribution in [3.8, 4) is 5.75 Å². The molecule has 3 N–H and O–H groups in total. The molecule has 0 aliphatic rings. The number of anilines is 1. The van der Waals surface area contributed by atoms with Gasteiger partial charge in [0.2, 0.25) is 0 Å². The molecule has 0 atom stereocenters. The number of aromatic nitrogens is 2. The van der Waals surface area contributed by atoms with Gasteiger partial charge in [0.15, 0.2) is 0 Å². The van der Waals surface area contributed by atoms with Gasteiger partial charge in [0.1, 0.15) is 11.3 Å². The molecule has 0 aliphatic heterocycles. The zero-order chi connectivity index (χ0) is 11.1. The van der Waals surface area contributed by atoms with Gasteiger partial charge in [0, 0.05) is 11.8 Å². The average molecular weight is 211 g/mol. The molecule has 16 heavy (non-hydrogen) atoms. The third-order valence-electron chi connectivity index (χ3n) is 2.45. The highest BCUT2D eigenvalue weighted by Crippen LogP contribution is 2.26. The largest absolute Gasteiger partial charge is 0.506 e. The molecule has 0 aliphatic carbocycles. The van der Waals surface area contributed by atoms with E-state index in [0.29, 0.717) is 16.7 Å². The van der Waals surface area contributed by atoms with Gasteiger partial charge in [-0.2, -0.15) is 0 Å². The maximum atomic E-state index is 9.73. The van der Waals surface area contributed by atoms with Gasteiger partial charge in [-0.3, -0.25) is 0 Å². The predicted octanol–water partition coefficient (Wildman–Crippen LogP) is 2.07. The Labute approximate surface area is 91.4 Å². The van der Waals surface area contributed by atoms with Gasteiger partial charge < -0.3 is 10.8 Å². The summed E-state index contributed by atoms with van der Waals surface area (Å²) < 4.78 is 0. The Morgan fingerprint density at radius 3 is 2.38 bits per heavy atom. The molecule has 0 amide bonds. The maximum Gasteiger partial charge on any atom is 0.145 e. The topological polar surface area (TPSA) is 72.0 Å². The van der Waals surface area contributed by atoms with Crippen LogP contribution >= 0.6 is 0 Å². The molecule has 0 radical (unpaired) electrons. The summed E-state index contributed by atoms with van der Waals surface area (Å²) in [7, 11) is 0. The third-order valence-corrected chi connectivity index (χ3v) is 2.45. The monoisotopic (exact) mass is 211 g/mol. The fourth-order valence-corrected chi connectivity index (χ4v) is 1.73.